The number of methoxy groups -OCH3 is 1. The Morgan fingerprint density at radius 3 is 2.51 bits per heavy atom. The molecule has 1 saturated heterocycles. The van der Waals surface area contributed by atoms with Crippen molar-refractivity contribution in [3.8, 4) is 11.5 Å². The van der Waals surface area contributed by atoms with E-state index in [0.717, 1.165) is 28.8 Å². The predicted octanol–water partition coefficient (Wildman–Crippen LogP) is 5.33. The van der Waals surface area contributed by atoms with Crippen LogP contribution in [0.1, 0.15) is 30.1 Å². The van der Waals surface area contributed by atoms with Crippen molar-refractivity contribution < 1.29 is 27.4 Å². The number of nitrogens with one attached hydrogen (secondary N) is 1. The van der Waals surface area contributed by atoms with Crippen molar-refractivity contribution in [2.75, 3.05) is 36.5 Å². The normalized spacial score (nSPS) is 15.3. The lowest BCUT2D eigenvalue weighted by Gasteiger charge is -2.23. The third kappa shape index (κ3) is 6.16. The molecular formula is C28H29N3O6S2. The first kappa shape index (κ1) is 26.9. The van der Waals surface area contributed by atoms with E-state index in [-0.39, 0.29) is 16.9 Å². The Kier molecular flexibility index (Phi) is 8.01. The number of nitrogens with zero attached hydrogens (tertiary/aromatic N) is 2. The molecule has 1 aliphatic rings. The maximum Gasteiger partial charge on any atom is 0.261 e. The molecule has 11 heteroatoms. The highest BCUT2D eigenvalue weighted by atomic mass is 32.2. The lowest BCUT2D eigenvalue weighted by molar-refractivity contribution is 0.0917. The molecule has 0 radical (unpaired) electrons. The van der Waals surface area contributed by atoms with E-state index in [0.29, 0.717) is 41.9 Å². The van der Waals surface area contributed by atoms with Gasteiger partial charge in [0.2, 0.25) is 0 Å². The summed E-state index contributed by atoms with van der Waals surface area (Å²) in [6.45, 7) is 3.54. The molecular weight excluding hydrogens is 538 g/mol. The molecule has 1 aromatic heterocycles. The summed E-state index contributed by atoms with van der Waals surface area (Å²) in [6, 6.07) is 18.2. The molecule has 9 nitrogen and oxygen atoms in total. The summed E-state index contributed by atoms with van der Waals surface area (Å²) in [4.78, 5) is 20.2. The number of benzene rings is 3. The van der Waals surface area contributed by atoms with E-state index in [1.165, 1.54) is 30.6 Å². The number of aromatic nitrogens is 1. The van der Waals surface area contributed by atoms with Gasteiger partial charge in [-0.05, 0) is 86.5 Å². The van der Waals surface area contributed by atoms with Gasteiger partial charge in [-0.25, -0.2) is 13.4 Å². The minimum Gasteiger partial charge on any atom is -0.497 e. The Morgan fingerprint density at radius 1 is 1.10 bits per heavy atom. The molecule has 1 atom stereocenters. The number of rotatable bonds is 10. The zero-order valence-electron chi connectivity index (χ0n) is 21.6. The highest BCUT2D eigenvalue weighted by molar-refractivity contribution is 7.92. The van der Waals surface area contributed by atoms with E-state index in [4.69, 9.17) is 19.2 Å². The second-order valence-electron chi connectivity index (χ2n) is 8.97. The number of ether oxygens (including phenoxy) is 3. The Labute approximate surface area is 231 Å². The average Bonchev–Trinajstić information content (AvgIpc) is 3.61. The van der Waals surface area contributed by atoms with Gasteiger partial charge in [-0.1, -0.05) is 11.3 Å². The smallest absolute Gasteiger partial charge is 0.261 e. The van der Waals surface area contributed by atoms with E-state index >= 15 is 0 Å². The Balaban J connectivity index is 1.38. The van der Waals surface area contributed by atoms with Crippen LogP contribution in [0.2, 0.25) is 0 Å². The van der Waals surface area contributed by atoms with E-state index in [1.54, 1.807) is 41.3 Å². The standard InChI is InChI=1S/C28H29N3O6S2/c1-3-36-22-12-15-25-26(17-22)38-28(29-25)31(18-23-5-4-16-37-23)27(32)19-6-8-20(9-7-19)30-39(33,34)24-13-10-21(35-2)11-14-24/h6-15,17,23,30H,3-5,16,18H2,1-2H3. The summed E-state index contributed by atoms with van der Waals surface area (Å²) >= 11 is 1.42. The Hall–Kier alpha value is -3.67. The van der Waals surface area contributed by atoms with Crippen molar-refractivity contribution in [3.63, 3.8) is 0 Å². The van der Waals surface area contributed by atoms with Crippen LogP contribution >= 0.6 is 11.3 Å². The summed E-state index contributed by atoms with van der Waals surface area (Å²) in [5.74, 6) is 1.08. The SMILES string of the molecule is CCOc1ccc2nc(N(CC3CCCO3)C(=O)c3ccc(NS(=O)(=O)c4ccc(OC)cc4)cc3)sc2c1. The van der Waals surface area contributed by atoms with Crippen LogP contribution in [0, 0.1) is 0 Å². The average molecular weight is 568 g/mol. The van der Waals surface area contributed by atoms with E-state index in [2.05, 4.69) is 4.72 Å². The van der Waals surface area contributed by atoms with Gasteiger partial charge < -0.3 is 14.2 Å². The van der Waals surface area contributed by atoms with Crippen molar-refractivity contribution in [2.24, 2.45) is 0 Å². The molecule has 0 saturated carbocycles. The van der Waals surface area contributed by atoms with Crippen LogP contribution in [0.5, 0.6) is 11.5 Å². The van der Waals surface area contributed by atoms with Gasteiger partial charge >= 0.3 is 0 Å². The maximum atomic E-state index is 13.7. The van der Waals surface area contributed by atoms with Crippen molar-refractivity contribution >= 4 is 48.3 Å². The molecule has 1 amide bonds. The number of fused-ring (bicyclic) bond motifs is 1. The van der Waals surface area contributed by atoms with Crippen LogP contribution in [0.3, 0.4) is 0 Å². The quantitative estimate of drug-likeness (QED) is 0.276. The van der Waals surface area contributed by atoms with E-state index in [9.17, 15) is 13.2 Å². The van der Waals surface area contributed by atoms with Crippen molar-refractivity contribution in [1.82, 2.24) is 4.98 Å². The first-order valence-corrected chi connectivity index (χ1v) is 14.9. The number of sulfonamides is 1. The fraction of sp³-hybridized carbons (Fsp3) is 0.286. The number of hydrogen-bond acceptors (Lipinski definition) is 8. The van der Waals surface area contributed by atoms with Gasteiger partial charge in [0.15, 0.2) is 5.13 Å². The number of carbonyl (C=O) groups excluding carboxylic acids is 1. The van der Waals surface area contributed by atoms with Crippen LogP contribution in [-0.4, -0.2) is 52.3 Å². The summed E-state index contributed by atoms with van der Waals surface area (Å²) in [5.41, 5.74) is 1.54. The molecule has 0 aliphatic carbocycles. The van der Waals surface area contributed by atoms with Crippen molar-refractivity contribution in [1.29, 1.82) is 0 Å². The number of thiazole rings is 1. The van der Waals surface area contributed by atoms with Gasteiger partial charge in [-0.2, -0.15) is 0 Å². The minimum atomic E-state index is -3.81. The monoisotopic (exact) mass is 567 g/mol. The molecule has 39 heavy (non-hydrogen) atoms. The number of carbonyl (C=O) groups is 1. The molecule has 1 fully saturated rings. The van der Waals surface area contributed by atoms with E-state index < -0.39 is 10.0 Å². The molecule has 204 valence electrons. The molecule has 0 spiro atoms. The lowest BCUT2D eigenvalue weighted by Crippen LogP contribution is -2.37. The molecule has 0 bridgehead atoms. The molecule has 1 N–H and O–H groups in total. The van der Waals surface area contributed by atoms with Crippen LogP contribution in [0.15, 0.2) is 71.6 Å². The Morgan fingerprint density at radius 2 is 1.85 bits per heavy atom. The summed E-state index contributed by atoms with van der Waals surface area (Å²) < 4.78 is 45.6. The summed E-state index contributed by atoms with van der Waals surface area (Å²) in [6.07, 6.45) is 1.75. The summed E-state index contributed by atoms with van der Waals surface area (Å²) in [5, 5.41) is 0.573. The molecule has 3 aromatic carbocycles. The van der Waals surface area contributed by atoms with Crippen molar-refractivity contribution in [2.45, 2.75) is 30.8 Å². The molecule has 4 aromatic rings. The lowest BCUT2D eigenvalue weighted by atomic mass is 10.1. The Bertz CT molecular complexity index is 1550. The molecule has 1 aliphatic heterocycles. The predicted molar refractivity (Wildman–Crippen MR) is 152 cm³/mol. The topological polar surface area (TPSA) is 107 Å². The van der Waals surface area contributed by atoms with Gasteiger partial charge in [0.25, 0.3) is 15.9 Å². The van der Waals surface area contributed by atoms with Crippen molar-refractivity contribution in [3.05, 3.63) is 72.3 Å². The fourth-order valence-corrected chi connectivity index (χ4v) is 6.37. The maximum absolute atomic E-state index is 13.7. The van der Waals surface area contributed by atoms with Gasteiger partial charge in [-0.15, -0.1) is 0 Å². The second kappa shape index (κ2) is 11.6. The molecule has 2 heterocycles. The first-order chi connectivity index (χ1) is 18.9. The zero-order valence-corrected chi connectivity index (χ0v) is 23.3. The van der Waals surface area contributed by atoms with Gasteiger partial charge in [-0.3, -0.25) is 14.4 Å². The van der Waals surface area contributed by atoms with Gasteiger partial charge in [0, 0.05) is 17.9 Å². The highest BCUT2D eigenvalue weighted by Crippen LogP contribution is 2.33. The fourth-order valence-electron chi connectivity index (χ4n) is 4.31. The zero-order chi connectivity index (χ0) is 27.4. The largest absolute Gasteiger partial charge is 0.497 e. The molecule has 5 rings (SSSR count). The first-order valence-electron chi connectivity index (χ1n) is 12.6. The van der Waals surface area contributed by atoms with Crippen LogP contribution < -0.4 is 19.1 Å². The third-order valence-electron chi connectivity index (χ3n) is 6.30. The third-order valence-corrected chi connectivity index (χ3v) is 8.74. The van der Waals surface area contributed by atoms with Crippen LogP contribution in [0.4, 0.5) is 10.8 Å². The second-order valence-corrected chi connectivity index (χ2v) is 11.7. The summed E-state index contributed by atoms with van der Waals surface area (Å²) in [7, 11) is -2.29. The molecule has 1 unspecified atom stereocenters. The van der Waals surface area contributed by atoms with Crippen LogP contribution in [0.25, 0.3) is 10.2 Å². The van der Waals surface area contributed by atoms with Gasteiger partial charge in [0.1, 0.15) is 11.5 Å². The van der Waals surface area contributed by atoms with E-state index in [1.807, 2.05) is 25.1 Å². The number of anilines is 2. The highest BCUT2D eigenvalue weighted by Gasteiger charge is 2.27. The minimum absolute atomic E-state index is 0.0736. The van der Waals surface area contributed by atoms with Crippen LogP contribution in [-0.2, 0) is 14.8 Å². The number of hydrogen-bond donors (Lipinski definition) is 1. The van der Waals surface area contributed by atoms with Gasteiger partial charge in [0.05, 0.1) is 41.5 Å². The number of amides is 1.